The molecule has 5 heteroatoms. The van der Waals surface area contributed by atoms with E-state index >= 15 is 0 Å². The lowest BCUT2D eigenvalue weighted by molar-refractivity contribution is -0.125. The minimum absolute atomic E-state index is 0.0192. The summed E-state index contributed by atoms with van der Waals surface area (Å²) in [5, 5.41) is 8.61. The molecule has 1 aromatic carbocycles. The Morgan fingerprint density at radius 2 is 1.95 bits per heavy atom. The second-order valence-electron chi connectivity index (χ2n) is 5.12. The minimum atomic E-state index is -0.571. The Morgan fingerprint density at radius 3 is 2.59 bits per heavy atom. The largest absolute Gasteiger partial charge is 0.350 e. The summed E-state index contributed by atoms with van der Waals surface area (Å²) in [6, 6.07) is 11.3. The van der Waals surface area contributed by atoms with Crippen LogP contribution in [0.5, 0.6) is 0 Å². The molecule has 2 aromatic rings. The van der Waals surface area contributed by atoms with Crippen LogP contribution in [0, 0.1) is 0 Å². The number of hydroxylamine groups is 1. The molecule has 1 aromatic heterocycles. The Labute approximate surface area is 128 Å². The first-order valence-corrected chi connectivity index (χ1v) is 6.87. The van der Waals surface area contributed by atoms with Crippen LogP contribution in [0.3, 0.4) is 0 Å². The summed E-state index contributed by atoms with van der Waals surface area (Å²) in [7, 11) is 1.80. The molecule has 0 aliphatic heterocycles. The molecule has 0 saturated heterocycles. The number of hydrogen-bond acceptors (Lipinski definition) is 3. The Hall–Kier alpha value is -2.66. The molecule has 0 unspecified atom stereocenters. The van der Waals surface area contributed by atoms with Crippen LogP contribution in [-0.2, 0) is 18.3 Å². The smallest absolute Gasteiger partial charge is 0.270 e. The van der Waals surface area contributed by atoms with Gasteiger partial charge in [-0.25, -0.2) is 5.48 Å². The molecule has 0 bridgehead atoms. The van der Waals surface area contributed by atoms with Crippen LogP contribution in [-0.4, -0.2) is 21.5 Å². The van der Waals surface area contributed by atoms with Gasteiger partial charge in [-0.05, 0) is 24.6 Å². The molecule has 1 amide bonds. The van der Waals surface area contributed by atoms with E-state index in [1.165, 1.54) is 0 Å². The molecular formula is C17H18N2O3. The molecule has 5 nitrogen and oxygen atoms in total. The zero-order valence-corrected chi connectivity index (χ0v) is 12.5. The summed E-state index contributed by atoms with van der Waals surface area (Å²) in [6.45, 7) is 1.59. The van der Waals surface area contributed by atoms with Crippen molar-refractivity contribution in [2.45, 2.75) is 13.3 Å². The van der Waals surface area contributed by atoms with Crippen molar-refractivity contribution in [3.8, 4) is 0 Å². The number of hydrogen-bond donors (Lipinski definition) is 2. The molecule has 0 aliphatic carbocycles. The van der Waals surface area contributed by atoms with Crippen LogP contribution in [0.2, 0.25) is 0 Å². The molecule has 0 atom stereocenters. The highest BCUT2D eigenvalue weighted by molar-refractivity contribution is 5.99. The summed E-state index contributed by atoms with van der Waals surface area (Å²) in [5.74, 6) is -0.552. The van der Waals surface area contributed by atoms with E-state index in [0.717, 1.165) is 11.3 Å². The van der Waals surface area contributed by atoms with Crippen molar-refractivity contribution in [3.63, 3.8) is 0 Å². The highest BCUT2D eigenvalue weighted by Crippen LogP contribution is 2.14. The summed E-state index contributed by atoms with van der Waals surface area (Å²) in [6.07, 6.45) is 3.69. The normalized spacial score (nSPS) is 11.3. The standard InChI is InChI=1S/C17H18N2O3/c1-12(17(21)18-22)8-15-10-14(11-19(15)2)16(20)9-13-6-4-3-5-7-13/h3-8,10-11,22H,9H2,1-2H3,(H,18,21)/b12-8+. The van der Waals surface area contributed by atoms with Crippen LogP contribution in [0.4, 0.5) is 0 Å². The van der Waals surface area contributed by atoms with Crippen LogP contribution in [0.15, 0.2) is 48.2 Å². The highest BCUT2D eigenvalue weighted by atomic mass is 16.5. The molecule has 0 radical (unpaired) electrons. The van der Waals surface area contributed by atoms with E-state index in [4.69, 9.17) is 5.21 Å². The fraction of sp³-hybridized carbons (Fsp3) is 0.176. The van der Waals surface area contributed by atoms with Crippen molar-refractivity contribution >= 4 is 17.8 Å². The van der Waals surface area contributed by atoms with Gasteiger partial charge in [-0.1, -0.05) is 30.3 Å². The lowest BCUT2D eigenvalue weighted by Gasteiger charge is -1.99. The van der Waals surface area contributed by atoms with E-state index < -0.39 is 5.91 Å². The van der Waals surface area contributed by atoms with Gasteiger partial charge < -0.3 is 4.57 Å². The van der Waals surface area contributed by atoms with Crippen molar-refractivity contribution in [1.29, 1.82) is 0 Å². The quantitative estimate of drug-likeness (QED) is 0.385. The van der Waals surface area contributed by atoms with Gasteiger partial charge in [-0.3, -0.25) is 14.8 Å². The van der Waals surface area contributed by atoms with Crippen molar-refractivity contribution in [2.75, 3.05) is 0 Å². The van der Waals surface area contributed by atoms with E-state index in [9.17, 15) is 9.59 Å². The van der Waals surface area contributed by atoms with E-state index in [-0.39, 0.29) is 5.78 Å². The number of nitrogens with zero attached hydrogens (tertiary/aromatic N) is 1. The van der Waals surface area contributed by atoms with Crippen LogP contribution in [0.25, 0.3) is 6.08 Å². The van der Waals surface area contributed by atoms with Crippen molar-refractivity contribution < 1.29 is 14.8 Å². The molecule has 1 heterocycles. The van der Waals surface area contributed by atoms with Gasteiger partial charge in [0.05, 0.1) is 0 Å². The number of benzene rings is 1. The number of rotatable bonds is 5. The molecular weight excluding hydrogens is 280 g/mol. The van der Waals surface area contributed by atoms with E-state index in [1.807, 2.05) is 30.3 Å². The average Bonchev–Trinajstić information content (AvgIpc) is 2.88. The zero-order chi connectivity index (χ0) is 16.1. The number of amides is 1. The van der Waals surface area contributed by atoms with Gasteiger partial charge in [-0.15, -0.1) is 0 Å². The molecule has 0 saturated carbocycles. The van der Waals surface area contributed by atoms with E-state index in [2.05, 4.69) is 0 Å². The van der Waals surface area contributed by atoms with E-state index in [1.54, 1.807) is 42.4 Å². The van der Waals surface area contributed by atoms with Crippen molar-refractivity contribution in [3.05, 3.63) is 65.0 Å². The monoisotopic (exact) mass is 298 g/mol. The summed E-state index contributed by atoms with van der Waals surface area (Å²) in [4.78, 5) is 23.6. The van der Waals surface area contributed by atoms with E-state index in [0.29, 0.717) is 17.6 Å². The topological polar surface area (TPSA) is 71.3 Å². The second kappa shape index (κ2) is 6.87. The first-order chi connectivity index (χ1) is 10.5. The number of Topliss-reactive ketones (excluding diaryl/α,β-unsaturated/α-hetero) is 1. The maximum Gasteiger partial charge on any atom is 0.270 e. The fourth-order valence-corrected chi connectivity index (χ4v) is 2.14. The van der Waals surface area contributed by atoms with Gasteiger partial charge in [-0.2, -0.15) is 0 Å². The lowest BCUT2D eigenvalue weighted by atomic mass is 10.1. The molecule has 0 aliphatic rings. The number of carbonyl (C=O) groups is 2. The zero-order valence-electron chi connectivity index (χ0n) is 12.5. The van der Waals surface area contributed by atoms with Gasteiger partial charge in [0.25, 0.3) is 5.91 Å². The number of aromatic nitrogens is 1. The summed E-state index contributed by atoms with van der Waals surface area (Å²) >= 11 is 0. The number of aryl methyl sites for hydroxylation is 1. The average molecular weight is 298 g/mol. The van der Waals surface area contributed by atoms with Crippen LogP contribution >= 0.6 is 0 Å². The van der Waals surface area contributed by atoms with Crippen molar-refractivity contribution in [2.24, 2.45) is 7.05 Å². The minimum Gasteiger partial charge on any atom is -0.350 e. The molecule has 2 rings (SSSR count). The maximum atomic E-state index is 12.3. The van der Waals surface area contributed by atoms with Gasteiger partial charge in [0, 0.05) is 36.5 Å². The highest BCUT2D eigenvalue weighted by Gasteiger charge is 2.11. The summed E-state index contributed by atoms with van der Waals surface area (Å²) < 4.78 is 1.77. The number of carbonyl (C=O) groups excluding carboxylic acids is 2. The molecule has 0 fully saturated rings. The number of nitrogens with one attached hydrogen (secondary N) is 1. The van der Waals surface area contributed by atoms with Crippen LogP contribution in [0.1, 0.15) is 28.5 Å². The second-order valence-corrected chi connectivity index (χ2v) is 5.12. The third-order valence-corrected chi connectivity index (χ3v) is 3.40. The summed E-state index contributed by atoms with van der Waals surface area (Å²) in [5.41, 5.74) is 4.21. The molecule has 0 spiro atoms. The third-order valence-electron chi connectivity index (χ3n) is 3.40. The predicted octanol–water partition coefficient (Wildman–Crippen LogP) is 2.36. The maximum absolute atomic E-state index is 12.3. The van der Waals surface area contributed by atoms with Gasteiger partial charge in [0.1, 0.15) is 0 Å². The first-order valence-electron chi connectivity index (χ1n) is 6.87. The third kappa shape index (κ3) is 3.71. The SMILES string of the molecule is C/C(=C\c1cc(C(=O)Cc2ccccc2)cn1C)C(=O)NO. The number of ketones is 1. The lowest BCUT2D eigenvalue weighted by Crippen LogP contribution is -2.19. The molecule has 22 heavy (non-hydrogen) atoms. The Balaban J connectivity index is 2.19. The Bertz CT molecular complexity index is 715. The van der Waals surface area contributed by atoms with Gasteiger partial charge in [0.15, 0.2) is 5.78 Å². The predicted molar refractivity (Wildman–Crippen MR) is 83.5 cm³/mol. The van der Waals surface area contributed by atoms with Crippen molar-refractivity contribution in [1.82, 2.24) is 10.0 Å². The Morgan fingerprint density at radius 1 is 1.27 bits per heavy atom. The molecule has 114 valence electrons. The van der Waals surface area contributed by atoms with Gasteiger partial charge >= 0.3 is 0 Å². The Kier molecular flexibility index (Phi) is 4.91. The van der Waals surface area contributed by atoms with Crippen LogP contribution < -0.4 is 5.48 Å². The van der Waals surface area contributed by atoms with Gasteiger partial charge in [0.2, 0.25) is 0 Å². The fourth-order valence-electron chi connectivity index (χ4n) is 2.14. The molecule has 2 N–H and O–H groups in total. The first kappa shape index (κ1) is 15.7.